The van der Waals surface area contributed by atoms with Crippen LogP contribution in [0.4, 0.5) is 11.4 Å². The number of hydrogen-bond acceptors (Lipinski definition) is 4. The van der Waals surface area contributed by atoms with Crippen LogP contribution in [0, 0.1) is 13.8 Å². The van der Waals surface area contributed by atoms with E-state index in [1.807, 2.05) is 0 Å². The zero-order chi connectivity index (χ0) is 20.1. The molecule has 0 radical (unpaired) electrons. The predicted molar refractivity (Wildman–Crippen MR) is 110 cm³/mol. The molecule has 0 saturated carbocycles. The molecule has 2 N–H and O–H groups in total. The number of piperazine rings is 1. The Kier molecular flexibility index (Phi) is 6.31. The van der Waals surface area contributed by atoms with Crippen LogP contribution in [0.15, 0.2) is 42.5 Å². The number of quaternary nitrogens is 1. The van der Waals surface area contributed by atoms with Gasteiger partial charge in [-0.1, -0.05) is 24.3 Å². The lowest BCUT2D eigenvalue weighted by atomic mass is 10.1. The summed E-state index contributed by atoms with van der Waals surface area (Å²) in [6.07, 6.45) is 0. The minimum atomic E-state index is -0.453. The summed E-state index contributed by atoms with van der Waals surface area (Å²) >= 11 is 0. The number of methoxy groups -OCH3 is 1. The van der Waals surface area contributed by atoms with Gasteiger partial charge in [0.2, 0.25) is 0 Å². The number of benzene rings is 2. The summed E-state index contributed by atoms with van der Waals surface area (Å²) in [6, 6.07) is 13.3. The SMILES string of the molecule is COC(=O)c1ccccc1NC(=O)C[NH+]1CCN(c2cccc(C)c2C)CC1. The lowest BCUT2D eigenvalue weighted by Crippen LogP contribution is -3.15. The van der Waals surface area contributed by atoms with Gasteiger partial charge in [-0.15, -0.1) is 0 Å². The van der Waals surface area contributed by atoms with Gasteiger partial charge in [0.1, 0.15) is 0 Å². The number of anilines is 2. The predicted octanol–water partition coefficient (Wildman–Crippen LogP) is 1.43. The van der Waals surface area contributed by atoms with E-state index in [1.165, 1.54) is 28.8 Å². The van der Waals surface area contributed by atoms with E-state index in [-0.39, 0.29) is 5.91 Å². The third-order valence-corrected chi connectivity index (χ3v) is 5.40. The Morgan fingerprint density at radius 2 is 1.79 bits per heavy atom. The lowest BCUT2D eigenvalue weighted by molar-refractivity contribution is -0.892. The quantitative estimate of drug-likeness (QED) is 0.768. The third kappa shape index (κ3) is 4.51. The van der Waals surface area contributed by atoms with Gasteiger partial charge >= 0.3 is 5.97 Å². The van der Waals surface area contributed by atoms with Gasteiger partial charge in [0.15, 0.2) is 6.54 Å². The summed E-state index contributed by atoms with van der Waals surface area (Å²) in [4.78, 5) is 28.0. The number of aryl methyl sites for hydroxylation is 1. The molecule has 6 heteroatoms. The fourth-order valence-corrected chi connectivity index (χ4v) is 3.62. The summed E-state index contributed by atoms with van der Waals surface area (Å²) in [7, 11) is 1.33. The Balaban J connectivity index is 1.56. The highest BCUT2D eigenvalue weighted by Crippen LogP contribution is 2.22. The zero-order valence-electron chi connectivity index (χ0n) is 16.7. The topological polar surface area (TPSA) is 63.1 Å². The maximum Gasteiger partial charge on any atom is 0.339 e. The van der Waals surface area contributed by atoms with Gasteiger partial charge in [-0.25, -0.2) is 4.79 Å². The maximum absolute atomic E-state index is 12.5. The Bertz CT molecular complexity index is 858. The Hall–Kier alpha value is -2.86. The van der Waals surface area contributed by atoms with E-state index in [4.69, 9.17) is 4.74 Å². The smallest absolute Gasteiger partial charge is 0.339 e. The van der Waals surface area contributed by atoms with Crippen LogP contribution in [0.2, 0.25) is 0 Å². The molecule has 0 unspecified atom stereocenters. The minimum Gasteiger partial charge on any atom is -0.465 e. The van der Waals surface area contributed by atoms with E-state index >= 15 is 0 Å². The van der Waals surface area contributed by atoms with Crippen molar-refractivity contribution < 1.29 is 19.2 Å². The van der Waals surface area contributed by atoms with Crippen molar-refractivity contribution in [1.29, 1.82) is 0 Å². The molecule has 1 saturated heterocycles. The molecule has 2 aromatic carbocycles. The average molecular weight is 382 g/mol. The van der Waals surface area contributed by atoms with Gasteiger partial charge in [-0.3, -0.25) is 4.79 Å². The molecule has 1 amide bonds. The number of esters is 1. The highest BCUT2D eigenvalue weighted by molar-refractivity contribution is 6.01. The Labute approximate surface area is 166 Å². The second-order valence-electron chi connectivity index (χ2n) is 7.22. The van der Waals surface area contributed by atoms with Crippen molar-refractivity contribution in [1.82, 2.24) is 0 Å². The first kappa shape index (κ1) is 19.9. The van der Waals surface area contributed by atoms with E-state index < -0.39 is 5.97 Å². The molecule has 148 valence electrons. The highest BCUT2D eigenvalue weighted by atomic mass is 16.5. The molecule has 1 aliphatic heterocycles. The second-order valence-corrected chi connectivity index (χ2v) is 7.22. The fourth-order valence-electron chi connectivity index (χ4n) is 3.62. The lowest BCUT2D eigenvalue weighted by Gasteiger charge is -2.34. The molecule has 0 aromatic heterocycles. The molecule has 0 atom stereocenters. The van der Waals surface area contributed by atoms with Crippen LogP contribution in [-0.4, -0.2) is 51.7 Å². The average Bonchev–Trinajstić information content (AvgIpc) is 2.70. The zero-order valence-corrected chi connectivity index (χ0v) is 16.7. The van der Waals surface area contributed by atoms with Crippen LogP contribution >= 0.6 is 0 Å². The number of nitrogens with one attached hydrogen (secondary N) is 2. The van der Waals surface area contributed by atoms with Crippen LogP contribution in [0.5, 0.6) is 0 Å². The van der Waals surface area contributed by atoms with Gasteiger partial charge in [0, 0.05) is 5.69 Å². The summed E-state index contributed by atoms with van der Waals surface area (Å²) in [5.41, 5.74) is 4.77. The summed E-state index contributed by atoms with van der Waals surface area (Å²) in [6.45, 7) is 8.33. The van der Waals surface area contributed by atoms with E-state index in [1.54, 1.807) is 24.3 Å². The largest absolute Gasteiger partial charge is 0.465 e. The van der Waals surface area contributed by atoms with E-state index in [2.05, 4.69) is 42.3 Å². The van der Waals surface area contributed by atoms with E-state index in [0.717, 1.165) is 26.2 Å². The van der Waals surface area contributed by atoms with Gasteiger partial charge in [0.25, 0.3) is 5.91 Å². The first-order chi connectivity index (χ1) is 13.5. The molecule has 1 aliphatic rings. The number of ether oxygens (including phenoxy) is 1. The Morgan fingerprint density at radius 3 is 2.50 bits per heavy atom. The van der Waals surface area contributed by atoms with Crippen molar-refractivity contribution in [2.24, 2.45) is 0 Å². The number of carbonyl (C=O) groups is 2. The van der Waals surface area contributed by atoms with Gasteiger partial charge < -0.3 is 19.9 Å². The monoisotopic (exact) mass is 382 g/mol. The number of para-hydroxylation sites is 1. The minimum absolute atomic E-state index is 0.0912. The highest BCUT2D eigenvalue weighted by Gasteiger charge is 2.24. The molecule has 0 bridgehead atoms. The number of carbonyl (C=O) groups excluding carboxylic acids is 2. The standard InChI is InChI=1S/C22H27N3O3/c1-16-7-6-10-20(17(16)2)25-13-11-24(12-14-25)15-21(26)23-19-9-5-4-8-18(19)22(27)28-3/h4-10H,11-15H2,1-3H3,(H,23,26)/p+1. The number of nitrogens with zero attached hydrogens (tertiary/aromatic N) is 1. The molecule has 28 heavy (non-hydrogen) atoms. The molecule has 0 spiro atoms. The van der Waals surface area contributed by atoms with Crippen LogP contribution < -0.4 is 15.1 Å². The van der Waals surface area contributed by atoms with Gasteiger partial charge in [-0.2, -0.15) is 0 Å². The molecule has 1 fully saturated rings. The number of rotatable bonds is 5. The second kappa shape index (κ2) is 8.89. The third-order valence-electron chi connectivity index (χ3n) is 5.40. The van der Waals surface area contributed by atoms with Crippen LogP contribution in [0.3, 0.4) is 0 Å². The van der Waals surface area contributed by atoms with E-state index in [9.17, 15) is 9.59 Å². The van der Waals surface area contributed by atoms with Crippen LogP contribution in [0.25, 0.3) is 0 Å². The molecular weight excluding hydrogens is 354 g/mol. The molecular formula is C22H28N3O3+. The van der Waals surface area contributed by atoms with Crippen molar-refractivity contribution in [3.8, 4) is 0 Å². The Morgan fingerprint density at radius 1 is 1.07 bits per heavy atom. The normalized spacial score (nSPS) is 14.6. The first-order valence-corrected chi connectivity index (χ1v) is 9.61. The summed E-state index contributed by atoms with van der Waals surface area (Å²) < 4.78 is 4.78. The molecule has 2 aromatic rings. The van der Waals surface area contributed by atoms with Crippen LogP contribution in [-0.2, 0) is 9.53 Å². The molecule has 0 aliphatic carbocycles. The van der Waals surface area contributed by atoms with Crippen molar-refractivity contribution in [2.45, 2.75) is 13.8 Å². The van der Waals surface area contributed by atoms with E-state index in [0.29, 0.717) is 17.8 Å². The number of amides is 1. The van der Waals surface area contributed by atoms with Crippen molar-refractivity contribution in [2.75, 3.05) is 50.1 Å². The van der Waals surface area contributed by atoms with Gasteiger partial charge in [-0.05, 0) is 43.2 Å². The number of hydrogen-bond donors (Lipinski definition) is 2. The van der Waals surface area contributed by atoms with Crippen molar-refractivity contribution in [3.05, 3.63) is 59.2 Å². The fraction of sp³-hybridized carbons (Fsp3) is 0.364. The summed E-state index contributed by atoms with van der Waals surface area (Å²) in [5, 5.41) is 2.86. The van der Waals surface area contributed by atoms with Crippen molar-refractivity contribution >= 4 is 23.3 Å². The van der Waals surface area contributed by atoms with Crippen LogP contribution in [0.1, 0.15) is 21.5 Å². The first-order valence-electron chi connectivity index (χ1n) is 9.61. The van der Waals surface area contributed by atoms with Crippen molar-refractivity contribution in [3.63, 3.8) is 0 Å². The summed E-state index contributed by atoms with van der Waals surface area (Å²) in [5.74, 6) is -0.545. The molecule has 3 rings (SSSR count). The maximum atomic E-state index is 12.5. The van der Waals surface area contributed by atoms with Gasteiger partial charge in [0.05, 0.1) is 44.5 Å². The molecule has 6 nitrogen and oxygen atoms in total. The molecule has 1 heterocycles.